The minimum absolute atomic E-state index is 0.0194. The van der Waals surface area contributed by atoms with Gasteiger partial charge < -0.3 is 26.6 Å². The Morgan fingerprint density at radius 3 is 2.55 bits per heavy atom. The second kappa shape index (κ2) is 8.20. The SMILES string of the molecule is NC[C@H](OS(=O)(=O)N1C[C@H](CCCB(O)O)[C@@H](N)C1)C(=O)O. The quantitative estimate of drug-likeness (QED) is 0.277. The highest BCUT2D eigenvalue weighted by Crippen LogP contribution is 2.24. The molecule has 0 bridgehead atoms. The molecule has 0 amide bonds. The molecule has 0 aliphatic carbocycles. The number of rotatable bonds is 9. The molecular weight excluding hydrogens is 317 g/mol. The van der Waals surface area contributed by atoms with E-state index in [1.807, 2.05) is 0 Å². The summed E-state index contributed by atoms with van der Waals surface area (Å²) in [6.07, 6.45) is -0.430. The van der Waals surface area contributed by atoms with Crippen molar-refractivity contribution in [3.8, 4) is 0 Å². The first-order valence-corrected chi connectivity index (χ1v) is 8.26. The standard InChI is InChI=1S/C10H22BN3O7S/c12-4-9(10(15)16)21-22(19,20)14-5-7(8(13)6-14)2-1-3-11(17)18/h7-9,17-18H,1-6,12-13H2,(H,15,16)/t7-,8-,9-/m0/s1. The number of hydrogen-bond acceptors (Lipinski definition) is 8. The van der Waals surface area contributed by atoms with Crippen LogP contribution in [0.1, 0.15) is 12.8 Å². The average Bonchev–Trinajstić information content (AvgIpc) is 2.78. The van der Waals surface area contributed by atoms with E-state index >= 15 is 0 Å². The molecule has 1 aliphatic heterocycles. The molecule has 0 radical (unpaired) electrons. The maximum absolute atomic E-state index is 12.0. The topological polar surface area (TPSA) is 176 Å². The third-order valence-electron chi connectivity index (χ3n) is 3.54. The lowest BCUT2D eigenvalue weighted by molar-refractivity contribution is -0.144. The summed E-state index contributed by atoms with van der Waals surface area (Å²) < 4.78 is 29.7. The molecule has 12 heteroatoms. The van der Waals surface area contributed by atoms with Gasteiger partial charge in [0, 0.05) is 25.7 Å². The zero-order valence-electron chi connectivity index (χ0n) is 12.0. The van der Waals surface area contributed by atoms with Crippen molar-refractivity contribution < 1.29 is 32.5 Å². The van der Waals surface area contributed by atoms with Gasteiger partial charge in [0.2, 0.25) is 0 Å². The summed E-state index contributed by atoms with van der Waals surface area (Å²) in [7, 11) is -5.63. The van der Waals surface area contributed by atoms with E-state index in [2.05, 4.69) is 4.18 Å². The Morgan fingerprint density at radius 2 is 2.05 bits per heavy atom. The van der Waals surface area contributed by atoms with Crippen molar-refractivity contribution in [2.24, 2.45) is 17.4 Å². The molecule has 1 fully saturated rings. The Bertz CT molecular complexity index is 475. The van der Waals surface area contributed by atoms with Crippen molar-refractivity contribution in [1.82, 2.24) is 4.31 Å². The van der Waals surface area contributed by atoms with Gasteiger partial charge in [0.1, 0.15) is 0 Å². The molecule has 7 N–H and O–H groups in total. The van der Waals surface area contributed by atoms with Crippen molar-refractivity contribution in [2.75, 3.05) is 19.6 Å². The lowest BCUT2D eigenvalue weighted by atomic mass is 9.82. The van der Waals surface area contributed by atoms with Gasteiger partial charge in [-0.25, -0.2) is 8.98 Å². The minimum Gasteiger partial charge on any atom is -0.479 e. The van der Waals surface area contributed by atoms with Crippen LogP contribution in [0.4, 0.5) is 0 Å². The number of aliphatic carboxylic acids is 1. The van der Waals surface area contributed by atoms with E-state index < -0.39 is 42.1 Å². The lowest BCUT2D eigenvalue weighted by Gasteiger charge is -2.18. The molecule has 22 heavy (non-hydrogen) atoms. The highest BCUT2D eigenvalue weighted by atomic mass is 32.2. The Balaban J connectivity index is 2.60. The summed E-state index contributed by atoms with van der Waals surface area (Å²) in [6, 6.07) is -0.421. The summed E-state index contributed by atoms with van der Waals surface area (Å²) in [4.78, 5) is 10.8. The highest BCUT2D eigenvalue weighted by Gasteiger charge is 2.39. The summed E-state index contributed by atoms with van der Waals surface area (Å²) in [5.74, 6) is -1.61. The minimum atomic E-state index is -4.23. The Hall–Kier alpha value is -0.755. The van der Waals surface area contributed by atoms with Gasteiger partial charge in [-0.2, -0.15) is 12.7 Å². The monoisotopic (exact) mass is 339 g/mol. The van der Waals surface area contributed by atoms with Crippen LogP contribution in [0.15, 0.2) is 0 Å². The van der Waals surface area contributed by atoms with Gasteiger partial charge in [0.05, 0.1) is 0 Å². The van der Waals surface area contributed by atoms with Crippen LogP contribution >= 0.6 is 0 Å². The third kappa shape index (κ3) is 5.46. The second-order valence-electron chi connectivity index (χ2n) is 5.27. The first-order chi connectivity index (χ1) is 10.2. The van der Waals surface area contributed by atoms with E-state index in [1.165, 1.54) is 0 Å². The van der Waals surface area contributed by atoms with Crippen molar-refractivity contribution >= 4 is 23.4 Å². The predicted molar refractivity (Wildman–Crippen MR) is 77.8 cm³/mol. The molecule has 0 unspecified atom stereocenters. The van der Waals surface area contributed by atoms with Crippen LogP contribution in [0.3, 0.4) is 0 Å². The number of carboxylic acid groups (broad SMARTS) is 1. The maximum Gasteiger partial charge on any atom is 0.451 e. The largest absolute Gasteiger partial charge is 0.479 e. The Morgan fingerprint density at radius 1 is 1.41 bits per heavy atom. The van der Waals surface area contributed by atoms with Gasteiger partial charge in [-0.15, -0.1) is 0 Å². The number of nitrogens with zero attached hydrogens (tertiary/aromatic N) is 1. The highest BCUT2D eigenvalue weighted by molar-refractivity contribution is 7.84. The molecule has 1 saturated heterocycles. The number of hydrogen-bond donors (Lipinski definition) is 5. The number of carboxylic acids is 1. The van der Waals surface area contributed by atoms with E-state index in [-0.39, 0.29) is 25.3 Å². The van der Waals surface area contributed by atoms with Gasteiger partial charge in [-0.3, -0.25) is 0 Å². The molecule has 0 saturated carbocycles. The summed E-state index contributed by atoms with van der Waals surface area (Å²) >= 11 is 0. The Kier molecular flexibility index (Phi) is 7.19. The van der Waals surface area contributed by atoms with Gasteiger partial charge in [-0.05, 0) is 18.7 Å². The second-order valence-corrected chi connectivity index (χ2v) is 6.83. The van der Waals surface area contributed by atoms with Crippen LogP contribution in [0.25, 0.3) is 0 Å². The van der Waals surface area contributed by atoms with Crippen LogP contribution in [-0.4, -0.2) is 72.7 Å². The lowest BCUT2D eigenvalue weighted by Crippen LogP contribution is -2.40. The van der Waals surface area contributed by atoms with Gasteiger partial charge in [-0.1, -0.05) is 6.42 Å². The maximum atomic E-state index is 12.0. The fourth-order valence-corrected chi connectivity index (χ4v) is 3.60. The van der Waals surface area contributed by atoms with Crippen LogP contribution < -0.4 is 11.5 Å². The first kappa shape index (κ1) is 19.3. The van der Waals surface area contributed by atoms with Crippen molar-refractivity contribution in [2.45, 2.75) is 31.3 Å². The van der Waals surface area contributed by atoms with Gasteiger partial charge in [0.25, 0.3) is 0 Å². The van der Waals surface area contributed by atoms with E-state index in [4.69, 9.17) is 26.6 Å². The van der Waals surface area contributed by atoms with Crippen molar-refractivity contribution in [3.63, 3.8) is 0 Å². The normalized spacial score (nSPS) is 24.4. The molecule has 3 atom stereocenters. The molecule has 1 aliphatic rings. The molecule has 0 spiro atoms. The van der Waals surface area contributed by atoms with E-state index in [0.29, 0.717) is 12.8 Å². The molecule has 1 rings (SSSR count). The molecule has 0 aromatic carbocycles. The fraction of sp³-hybridized carbons (Fsp3) is 0.900. The van der Waals surface area contributed by atoms with E-state index in [9.17, 15) is 13.2 Å². The zero-order chi connectivity index (χ0) is 16.9. The van der Waals surface area contributed by atoms with Gasteiger partial charge >= 0.3 is 23.4 Å². The molecule has 1 heterocycles. The summed E-state index contributed by atoms with van der Waals surface area (Å²) in [6.45, 7) is -0.347. The summed E-state index contributed by atoms with van der Waals surface area (Å²) in [5.41, 5.74) is 11.0. The third-order valence-corrected chi connectivity index (χ3v) is 4.94. The van der Waals surface area contributed by atoms with Crippen LogP contribution in [0.2, 0.25) is 6.32 Å². The fourth-order valence-electron chi connectivity index (χ4n) is 2.30. The summed E-state index contributed by atoms with van der Waals surface area (Å²) in [5, 5.41) is 26.4. The average molecular weight is 339 g/mol. The Labute approximate surface area is 129 Å². The van der Waals surface area contributed by atoms with E-state index in [1.54, 1.807) is 0 Å². The van der Waals surface area contributed by atoms with Crippen LogP contribution in [-0.2, 0) is 19.3 Å². The number of carbonyl (C=O) groups is 1. The molecule has 128 valence electrons. The van der Waals surface area contributed by atoms with E-state index in [0.717, 1.165) is 4.31 Å². The van der Waals surface area contributed by atoms with Gasteiger partial charge in [0.15, 0.2) is 6.10 Å². The van der Waals surface area contributed by atoms with Crippen LogP contribution in [0, 0.1) is 5.92 Å². The first-order valence-electron chi connectivity index (χ1n) is 6.90. The smallest absolute Gasteiger partial charge is 0.451 e. The number of nitrogens with two attached hydrogens (primary N) is 2. The molecule has 10 nitrogen and oxygen atoms in total. The molecular formula is C10H22BN3O7S. The predicted octanol–water partition coefficient (Wildman–Crippen LogP) is -2.83. The van der Waals surface area contributed by atoms with Crippen molar-refractivity contribution in [3.05, 3.63) is 0 Å². The van der Waals surface area contributed by atoms with Crippen LogP contribution in [0.5, 0.6) is 0 Å². The van der Waals surface area contributed by atoms with Crippen molar-refractivity contribution in [1.29, 1.82) is 0 Å². The molecule has 0 aromatic rings. The molecule has 0 aromatic heterocycles. The zero-order valence-corrected chi connectivity index (χ0v) is 12.9.